The van der Waals surface area contributed by atoms with E-state index in [4.69, 9.17) is 9.31 Å². The van der Waals surface area contributed by atoms with Crippen molar-refractivity contribution in [1.29, 1.82) is 0 Å². The van der Waals surface area contributed by atoms with Gasteiger partial charge in [-0.3, -0.25) is 5.10 Å². The van der Waals surface area contributed by atoms with Crippen LogP contribution in [0.2, 0.25) is 0 Å². The van der Waals surface area contributed by atoms with Crippen LogP contribution in [-0.2, 0) is 9.31 Å². The molecule has 1 aliphatic heterocycles. The van der Waals surface area contributed by atoms with E-state index in [2.05, 4.69) is 21.9 Å². The molecule has 1 aromatic rings. The number of nitrogens with zero attached hydrogens (tertiary/aromatic N) is 2. The van der Waals surface area contributed by atoms with Gasteiger partial charge in [0.2, 0.25) is 0 Å². The molecule has 0 atom stereocenters. The second-order valence-corrected chi connectivity index (χ2v) is 4.92. The van der Waals surface area contributed by atoms with E-state index < -0.39 is 7.12 Å². The van der Waals surface area contributed by atoms with Gasteiger partial charge in [-0.2, -0.15) is 5.10 Å². The molecule has 0 spiro atoms. The second kappa shape index (κ2) is 3.43. The summed E-state index contributed by atoms with van der Waals surface area (Å²) in [5, 5.41) is 6.66. The van der Waals surface area contributed by atoms with Gasteiger partial charge in [-0.15, -0.1) is 0 Å². The quantitative estimate of drug-likeness (QED) is 0.599. The Morgan fingerprint density at radius 1 is 1.31 bits per heavy atom. The van der Waals surface area contributed by atoms with Crippen molar-refractivity contribution >= 4 is 25.1 Å². The molecule has 0 radical (unpaired) electrons. The molecule has 1 aromatic heterocycles. The molecular formula is C10H16BN3O2. The fraction of sp³-hybridized carbons (Fsp3) is 0.600. The molecule has 0 saturated carbocycles. The Bertz CT molecular complexity index is 398. The number of aliphatic imine (C=N–C) groups is 1. The molecule has 0 aliphatic carbocycles. The molecule has 6 heteroatoms. The van der Waals surface area contributed by atoms with E-state index in [0.29, 0.717) is 5.82 Å². The van der Waals surface area contributed by atoms with E-state index in [1.807, 2.05) is 27.7 Å². The minimum absolute atomic E-state index is 0.354. The average Bonchev–Trinajstić information content (AvgIpc) is 2.69. The van der Waals surface area contributed by atoms with E-state index in [1.54, 1.807) is 6.20 Å². The molecular weight excluding hydrogens is 205 g/mol. The number of nitrogens with one attached hydrogen (secondary N) is 1. The van der Waals surface area contributed by atoms with E-state index in [-0.39, 0.29) is 11.2 Å². The highest BCUT2D eigenvalue weighted by atomic mass is 16.7. The molecule has 2 heterocycles. The molecule has 1 aliphatic rings. The first-order chi connectivity index (χ1) is 7.37. The van der Waals surface area contributed by atoms with Crippen LogP contribution in [0.1, 0.15) is 27.7 Å². The van der Waals surface area contributed by atoms with E-state index in [1.165, 1.54) is 0 Å². The van der Waals surface area contributed by atoms with Gasteiger partial charge in [0.15, 0.2) is 0 Å². The summed E-state index contributed by atoms with van der Waals surface area (Å²) in [5.41, 5.74) is 0.0782. The van der Waals surface area contributed by atoms with Crippen molar-refractivity contribution in [2.24, 2.45) is 4.99 Å². The third-order valence-corrected chi connectivity index (χ3v) is 3.31. The summed E-state index contributed by atoms with van der Waals surface area (Å²) in [6.45, 7) is 11.5. The number of aromatic nitrogens is 2. The van der Waals surface area contributed by atoms with Crippen molar-refractivity contribution in [2.75, 3.05) is 0 Å². The third kappa shape index (κ3) is 1.58. The summed E-state index contributed by atoms with van der Waals surface area (Å²) in [7, 11) is -0.441. The van der Waals surface area contributed by atoms with Gasteiger partial charge in [-0.25, -0.2) is 4.99 Å². The summed E-state index contributed by atoms with van der Waals surface area (Å²) >= 11 is 0. The highest BCUT2D eigenvalue weighted by molar-refractivity contribution is 6.63. The third-order valence-electron chi connectivity index (χ3n) is 3.31. The van der Waals surface area contributed by atoms with Crippen molar-refractivity contribution in [2.45, 2.75) is 38.9 Å². The van der Waals surface area contributed by atoms with Gasteiger partial charge in [0, 0.05) is 5.46 Å². The average molecular weight is 221 g/mol. The van der Waals surface area contributed by atoms with Crippen LogP contribution in [0.3, 0.4) is 0 Å². The lowest BCUT2D eigenvalue weighted by molar-refractivity contribution is 0.00578. The monoisotopic (exact) mass is 221 g/mol. The molecule has 0 bridgehead atoms. The maximum atomic E-state index is 5.88. The first-order valence-electron chi connectivity index (χ1n) is 5.23. The largest absolute Gasteiger partial charge is 0.500 e. The lowest BCUT2D eigenvalue weighted by Gasteiger charge is -2.32. The molecule has 0 amide bonds. The molecule has 16 heavy (non-hydrogen) atoms. The smallest absolute Gasteiger partial charge is 0.399 e. The Hall–Kier alpha value is -1.14. The van der Waals surface area contributed by atoms with Crippen LogP contribution >= 0.6 is 0 Å². The predicted octanol–water partition coefficient (Wildman–Crippen LogP) is 1.04. The minimum Gasteiger partial charge on any atom is -0.399 e. The number of hydrogen-bond donors (Lipinski definition) is 1. The predicted molar refractivity (Wildman–Crippen MR) is 63.5 cm³/mol. The fourth-order valence-electron chi connectivity index (χ4n) is 1.56. The van der Waals surface area contributed by atoms with Gasteiger partial charge in [-0.1, -0.05) is 0 Å². The summed E-state index contributed by atoms with van der Waals surface area (Å²) in [4.78, 5) is 3.84. The van der Waals surface area contributed by atoms with Crippen LogP contribution in [0, 0.1) is 0 Å². The van der Waals surface area contributed by atoms with Crippen LogP contribution in [0.15, 0.2) is 11.2 Å². The summed E-state index contributed by atoms with van der Waals surface area (Å²) < 4.78 is 11.8. The van der Waals surface area contributed by atoms with Gasteiger partial charge < -0.3 is 9.31 Å². The molecule has 1 N–H and O–H groups in total. The highest BCUT2D eigenvalue weighted by Gasteiger charge is 2.52. The van der Waals surface area contributed by atoms with E-state index in [0.717, 1.165) is 5.46 Å². The molecule has 86 valence electrons. The Labute approximate surface area is 95.4 Å². The van der Waals surface area contributed by atoms with Gasteiger partial charge >= 0.3 is 7.12 Å². The molecule has 2 rings (SSSR count). The molecule has 0 unspecified atom stereocenters. The van der Waals surface area contributed by atoms with Crippen LogP contribution in [-0.4, -0.2) is 35.2 Å². The summed E-state index contributed by atoms with van der Waals surface area (Å²) in [6, 6.07) is 0. The zero-order chi connectivity index (χ0) is 12.0. The number of aromatic amines is 1. The Balaban J connectivity index is 2.30. The first-order valence-corrected chi connectivity index (χ1v) is 5.23. The van der Waals surface area contributed by atoms with Gasteiger partial charge in [0.25, 0.3) is 0 Å². The van der Waals surface area contributed by atoms with Crippen molar-refractivity contribution in [3.63, 3.8) is 0 Å². The van der Waals surface area contributed by atoms with Gasteiger partial charge in [-0.05, 0) is 34.4 Å². The van der Waals surface area contributed by atoms with Crippen LogP contribution in [0.25, 0.3) is 0 Å². The maximum absolute atomic E-state index is 5.88. The van der Waals surface area contributed by atoms with Crippen LogP contribution in [0.5, 0.6) is 0 Å². The zero-order valence-electron chi connectivity index (χ0n) is 10.1. The number of rotatable bonds is 2. The lowest BCUT2D eigenvalue weighted by atomic mass is 9.81. The van der Waals surface area contributed by atoms with Crippen LogP contribution < -0.4 is 5.46 Å². The molecule has 1 saturated heterocycles. The number of H-pyrrole nitrogens is 1. The van der Waals surface area contributed by atoms with Crippen molar-refractivity contribution in [3.8, 4) is 0 Å². The Kier molecular flexibility index (Phi) is 2.43. The molecule has 5 nitrogen and oxygen atoms in total. The molecule has 0 aromatic carbocycles. The van der Waals surface area contributed by atoms with Gasteiger partial charge in [0.05, 0.1) is 17.4 Å². The minimum atomic E-state index is -0.441. The molecule has 1 fully saturated rings. The van der Waals surface area contributed by atoms with E-state index in [9.17, 15) is 0 Å². The maximum Gasteiger partial charge on any atom is 0.500 e. The summed E-state index contributed by atoms with van der Waals surface area (Å²) in [6.07, 6.45) is 1.66. The normalized spacial score (nSPS) is 22.4. The Morgan fingerprint density at radius 3 is 2.38 bits per heavy atom. The van der Waals surface area contributed by atoms with Crippen molar-refractivity contribution in [1.82, 2.24) is 10.2 Å². The second-order valence-electron chi connectivity index (χ2n) is 4.92. The fourth-order valence-corrected chi connectivity index (χ4v) is 1.56. The Morgan fingerprint density at radius 2 is 1.88 bits per heavy atom. The van der Waals surface area contributed by atoms with E-state index >= 15 is 0 Å². The van der Waals surface area contributed by atoms with Crippen LogP contribution in [0.4, 0.5) is 5.82 Å². The number of hydrogen-bond acceptors (Lipinski definition) is 4. The lowest BCUT2D eigenvalue weighted by Crippen LogP contribution is -2.41. The SMILES string of the molecule is C=Nc1[nH]ncc1B1OC(C)(C)C(C)(C)O1. The first kappa shape index (κ1) is 11.4. The van der Waals surface area contributed by atoms with Gasteiger partial charge in [0.1, 0.15) is 5.82 Å². The topological polar surface area (TPSA) is 59.5 Å². The van der Waals surface area contributed by atoms with Crippen molar-refractivity contribution in [3.05, 3.63) is 6.20 Å². The van der Waals surface area contributed by atoms with Crippen molar-refractivity contribution < 1.29 is 9.31 Å². The standard InChI is InChI=1S/C10H16BN3O2/c1-9(2)10(3,4)16-11(15-9)7-6-13-14-8(7)12-5/h6H,5H2,1-4H3,(H,13,14). The zero-order valence-corrected chi connectivity index (χ0v) is 10.1. The summed E-state index contributed by atoms with van der Waals surface area (Å²) in [5.74, 6) is 0.596. The highest BCUT2D eigenvalue weighted by Crippen LogP contribution is 2.36.